The van der Waals surface area contributed by atoms with Gasteiger partial charge in [-0.1, -0.05) is 30.3 Å². The smallest absolute Gasteiger partial charge is 0.408 e. The van der Waals surface area contributed by atoms with Crippen LogP contribution in [0.3, 0.4) is 0 Å². The number of primary amides is 1. The number of ether oxygens (including phenoxy) is 2. The van der Waals surface area contributed by atoms with E-state index in [1.54, 1.807) is 51.1 Å². The zero-order valence-electron chi connectivity index (χ0n) is 22.7. The van der Waals surface area contributed by atoms with Crippen molar-refractivity contribution in [2.24, 2.45) is 5.73 Å². The highest BCUT2D eigenvalue weighted by molar-refractivity contribution is 7.84. The summed E-state index contributed by atoms with van der Waals surface area (Å²) in [6, 6.07) is 4.37. The lowest BCUT2D eigenvalue weighted by atomic mass is 10.1. The number of rotatable bonds is 14. The second-order valence-electron chi connectivity index (χ2n) is 9.82. The van der Waals surface area contributed by atoms with E-state index in [0.717, 1.165) is 0 Å². The zero-order chi connectivity index (χ0) is 29.8. The maximum Gasteiger partial charge on any atom is 0.408 e. The molecule has 0 spiro atoms. The third-order valence-electron chi connectivity index (χ3n) is 5.00. The Hall–Kier alpha value is -3.52. The number of hydrogen-bond acceptors (Lipinski definition) is 9. The first-order valence-electron chi connectivity index (χ1n) is 12.2. The fourth-order valence-electron chi connectivity index (χ4n) is 3.13. The molecule has 1 aromatic rings. The van der Waals surface area contributed by atoms with Gasteiger partial charge in [0.1, 0.15) is 24.3 Å². The zero-order valence-corrected chi connectivity index (χ0v) is 23.5. The molecule has 6 N–H and O–H groups in total. The van der Waals surface area contributed by atoms with Crippen LogP contribution in [0, 0.1) is 0 Å². The molecule has 0 aliphatic heterocycles. The number of benzene rings is 1. The van der Waals surface area contributed by atoms with Crippen molar-refractivity contribution in [3.8, 4) is 0 Å². The molecular formula is C25H38N4O9S. The van der Waals surface area contributed by atoms with Crippen molar-refractivity contribution in [3.63, 3.8) is 0 Å². The molecule has 0 heterocycles. The van der Waals surface area contributed by atoms with Crippen molar-refractivity contribution in [1.29, 1.82) is 0 Å². The van der Waals surface area contributed by atoms with E-state index in [-0.39, 0.29) is 18.8 Å². The lowest BCUT2D eigenvalue weighted by molar-refractivity contribution is -0.152. The molecule has 13 nitrogen and oxygen atoms in total. The first kappa shape index (κ1) is 33.5. The van der Waals surface area contributed by atoms with Crippen LogP contribution >= 0.6 is 0 Å². The average molecular weight is 571 g/mol. The number of carbonyl (C=O) groups is 5. The van der Waals surface area contributed by atoms with Gasteiger partial charge in [0.15, 0.2) is 6.04 Å². The predicted molar refractivity (Wildman–Crippen MR) is 142 cm³/mol. The van der Waals surface area contributed by atoms with Crippen molar-refractivity contribution < 1.29 is 42.8 Å². The summed E-state index contributed by atoms with van der Waals surface area (Å²) in [5, 5.41) is 17.1. The first-order valence-corrected chi connectivity index (χ1v) is 13.9. The van der Waals surface area contributed by atoms with E-state index < -0.39 is 76.8 Å². The van der Waals surface area contributed by atoms with E-state index in [2.05, 4.69) is 16.0 Å². The Kier molecular flexibility index (Phi) is 13.6. The Morgan fingerprint density at radius 2 is 1.59 bits per heavy atom. The Morgan fingerprint density at radius 1 is 1.00 bits per heavy atom. The van der Waals surface area contributed by atoms with Crippen LogP contribution < -0.4 is 21.7 Å². The predicted octanol–water partition coefficient (Wildman–Crippen LogP) is -0.382. The van der Waals surface area contributed by atoms with Gasteiger partial charge in [-0.15, -0.1) is 0 Å². The van der Waals surface area contributed by atoms with Gasteiger partial charge in [-0.3, -0.25) is 18.6 Å². The van der Waals surface area contributed by atoms with E-state index in [1.807, 2.05) is 0 Å². The van der Waals surface area contributed by atoms with Gasteiger partial charge < -0.3 is 36.3 Å². The van der Waals surface area contributed by atoms with Gasteiger partial charge in [0.25, 0.3) is 0 Å². The highest BCUT2D eigenvalue weighted by atomic mass is 32.2. The van der Waals surface area contributed by atoms with E-state index in [4.69, 9.17) is 15.2 Å². The second kappa shape index (κ2) is 15.8. The van der Waals surface area contributed by atoms with Crippen molar-refractivity contribution in [2.75, 3.05) is 12.0 Å². The summed E-state index contributed by atoms with van der Waals surface area (Å²) in [4.78, 5) is 62.5. The van der Waals surface area contributed by atoms with Crippen molar-refractivity contribution in [2.45, 2.75) is 77.0 Å². The average Bonchev–Trinajstić information content (AvgIpc) is 2.81. The van der Waals surface area contributed by atoms with E-state index in [9.17, 15) is 33.3 Å². The van der Waals surface area contributed by atoms with Gasteiger partial charge >= 0.3 is 12.1 Å². The first-order chi connectivity index (χ1) is 18.1. The molecule has 0 aromatic heterocycles. The van der Waals surface area contributed by atoms with Gasteiger partial charge in [-0.2, -0.15) is 0 Å². The van der Waals surface area contributed by atoms with Crippen LogP contribution in [-0.4, -0.2) is 80.9 Å². The Bertz CT molecular complexity index is 1030. The van der Waals surface area contributed by atoms with Crippen molar-refractivity contribution >= 4 is 40.6 Å². The Balaban J connectivity index is 3.00. The summed E-state index contributed by atoms with van der Waals surface area (Å²) in [5.74, 6) is -3.73. The fourth-order valence-corrected chi connectivity index (χ4v) is 3.70. The van der Waals surface area contributed by atoms with Crippen LogP contribution in [0.2, 0.25) is 0 Å². The number of carbonyl (C=O) groups excluding carboxylic acids is 5. The number of nitrogens with two attached hydrogens (primary N) is 1. The maximum absolute atomic E-state index is 13.0. The maximum atomic E-state index is 13.0. The van der Waals surface area contributed by atoms with E-state index in [1.165, 1.54) is 13.2 Å². The largest absolute Gasteiger partial charge is 0.459 e. The van der Waals surface area contributed by atoms with Crippen LogP contribution in [0.25, 0.3) is 0 Å². The number of alkyl carbamates (subject to hydrolysis) is 1. The quantitative estimate of drug-likeness (QED) is 0.185. The second-order valence-corrected chi connectivity index (χ2v) is 11.4. The minimum atomic E-state index is -1.56. The number of nitrogens with one attached hydrogen (secondary N) is 3. The SMILES string of the molecule is C[C@@H](O)[C@H](NC(=O)[C@H](CC(N)=O)NC(=O)[C@H](CCS(C)=O)NC(=O)OC(C)(C)C)C(=O)OCc1ccccc1. The molecule has 0 saturated heterocycles. The molecule has 0 bridgehead atoms. The summed E-state index contributed by atoms with van der Waals surface area (Å²) in [7, 11) is -1.31. The monoisotopic (exact) mass is 570 g/mol. The molecule has 0 aliphatic carbocycles. The Labute approximate surface area is 230 Å². The summed E-state index contributed by atoms with van der Waals surface area (Å²) in [6.45, 7) is 6.01. The van der Waals surface area contributed by atoms with Gasteiger partial charge in [0, 0.05) is 22.8 Å². The third-order valence-corrected chi connectivity index (χ3v) is 5.81. The highest BCUT2D eigenvalue weighted by Gasteiger charge is 2.33. The summed E-state index contributed by atoms with van der Waals surface area (Å²) >= 11 is 0. The lowest BCUT2D eigenvalue weighted by Gasteiger charge is -2.26. The van der Waals surface area contributed by atoms with Crippen molar-refractivity contribution in [3.05, 3.63) is 35.9 Å². The molecule has 1 rings (SSSR count). The number of hydrogen-bond donors (Lipinski definition) is 5. The minimum absolute atomic E-state index is 0.0396. The molecule has 0 saturated carbocycles. The van der Waals surface area contributed by atoms with Gasteiger partial charge in [-0.25, -0.2) is 9.59 Å². The number of aliphatic hydroxyl groups is 1. The van der Waals surface area contributed by atoms with Crippen molar-refractivity contribution in [1.82, 2.24) is 16.0 Å². The van der Waals surface area contributed by atoms with Crippen LogP contribution in [0.4, 0.5) is 4.79 Å². The molecule has 14 heteroatoms. The topological polar surface area (TPSA) is 203 Å². The number of aliphatic hydroxyl groups excluding tert-OH is 1. The lowest BCUT2D eigenvalue weighted by Crippen LogP contribution is -2.58. The number of esters is 1. The summed E-state index contributed by atoms with van der Waals surface area (Å²) in [5.41, 5.74) is 5.07. The molecule has 218 valence electrons. The number of amides is 4. The van der Waals surface area contributed by atoms with Crippen LogP contribution in [-0.2, 0) is 46.1 Å². The van der Waals surface area contributed by atoms with Gasteiger partial charge in [0.05, 0.1) is 12.5 Å². The minimum Gasteiger partial charge on any atom is -0.459 e. The molecule has 0 radical (unpaired) electrons. The molecule has 1 aromatic carbocycles. The van der Waals surface area contributed by atoms with Gasteiger partial charge in [0.2, 0.25) is 17.7 Å². The van der Waals surface area contributed by atoms with E-state index in [0.29, 0.717) is 5.56 Å². The van der Waals surface area contributed by atoms with Crippen LogP contribution in [0.5, 0.6) is 0 Å². The molecule has 5 atom stereocenters. The molecule has 0 fully saturated rings. The normalized spacial score (nSPS) is 15.0. The molecule has 1 unspecified atom stereocenters. The molecular weight excluding hydrogens is 532 g/mol. The highest BCUT2D eigenvalue weighted by Crippen LogP contribution is 2.09. The third kappa shape index (κ3) is 13.7. The van der Waals surface area contributed by atoms with E-state index >= 15 is 0 Å². The summed E-state index contributed by atoms with van der Waals surface area (Å²) < 4.78 is 21.9. The van der Waals surface area contributed by atoms with Gasteiger partial charge in [-0.05, 0) is 39.7 Å². The molecule has 39 heavy (non-hydrogen) atoms. The summed E-state index contributed by atoms with van der Waals surface area (Å²) in [6.07, 6.45) is -1.61. The Morgan fingerprint density at radius 3 is 2.10 bits per heavy atom. The molecule has 4 amide bonds. The van der Waals surface area contributed by atoms with Crippen LogP contribution in [0.1, 0.15) is 46.1 Å². The van der Waals surface area contributed by atoms with Crippen LogP contribution in [0.15, 0.2) is 30.3 Å². The fraction of sp³-hybridized carbons (Fsp3) is 0.560. The standard InChI is InChI=1S/C25H38N4O9S/c1-15(30)20(23(34)37-14-16-9-7-6-8-10-16)29-22(33)18(13-19(26)31)27-21(32)17(11-12-39(5)36)28-24(35)38-25(2,3)4/h6-10,15,17-18,20,30H,11-14H2,1-5H3,(H2,26,31)(H,27,32)(H,28,35)(H,29,33)/t15-,17+,18+,20+,39?/m1/s1. The molecule has 0 aliphatic rings.